The Kier molecular flexibility index (Phi) is 6.24. The maximum Gasteiger partial charge on any atom is 0.233 e. The Labute approximate surface area is 163 Å². The number of nitrogens with zero attached hydrogens (tertiary/aromatic N) is 4. The smallest absolute Gasteiger partial charge is 0.233 e. The van der Waals surface area contributed by atoms with Gasteiger partial charge in [0.15, 0.2) is 0 Å². The topological polar surface area (TPSA) is 72.7 Å². The van der Waals surface area contributed by atoms with Crippen LogP contribution in [0.5, 0.6) is 0 Å². The molecule has 0 fully saturated rings. The van der Waals surface area contributed by atoms with Crippen LogP contribution in [0.4, 0.5) is 0 Å². The van der Waals surface area contributed by atoms with Gasteiger partial charge in [0.1, 0.15) is 0 Å². The van der Waals surface area contributed by atoms with E-state index in [1.165, 1.54) is 17.3 Å². The molecular weight excluding hydrogens is 358 g/mol. The summed E-state index contributed by atoms with van der Waals surface area (Å²) in [7, 11) is 0. The second-order valence-electron chi connectivity index (χ2n) is 6.40. The number of carbonyl (C=O) groups is 1. The van der Waals surface area contributed by atoms with Crippen molar-refractivity contribution in [2.75, 3.05) is 6.54 Å². The van der Waals surface area contributed by atoms with E-state index in [2.05, 4.69) is 33.0 Å². The highest BCUT2D eigenvalue weighted by Gasteiger charge is 2.20. The van der Waals surface area contributed by atoms with E-state index in [1.54, 1.807) is 4.68 Å². The molecule has 1 aromatic heterocycles. The molecule has 0 saturated carbocycles. The lowest BCUT2D eigenvalue weighted by Crippen LogP contribution is -2.32. The van der Waals surface area contributed by atoms with E-state index in [4.69, 9.17) is 0 Å². The molecule has 1 amide bonds. The average Bonchev–Trinajstić information content (AvgIpc) is 3.10. The van der Waals surface area contributed by atoms with E-state index >= 15 is 0 Å². The zero-order valence-electron chi connectivity index (χ0n) is 15.7. The van der Waals surface area contributed by atoms with Crippen LogP contribution in [0, 0.1) is 13.8 Å². The fraction of sp³-hybridized carbons (Fsp3) is 0.300. The molecule has 7 heteroatoms. The van der Waals surface area contributed by atoms with Crippen LogP contribution in [0.15, 0.2) is 53.7 Å². The lowest BCUT2D eigenvalue weighted by molar-refractivity contribution is -0.120. The number of aryl methyl sites for hydroxylation is 2. The maximum absolute atomic E-state index is 12.4. The van der Waals surface area contributed by atoms with E-state index in [-0.39, 0.29) is 11.2 Å². The van der Waals surface area contributed by atoms with Crippen LogP contribution < -0.4 is 5.32 Å². The van der Waals surface area contributed by atoms with Crippen molar-refractivity contribution >= 4 is 17.7 Å². The van der Waals surface area contributed by atoms with Crippen LogP contribution >= 0.6 is 11.8 Å². The zero-order chi connectivity index (χ0) is 19.2. The van der Waals surface area contributed by atoms with Crippen molar-refractivity contribution in [3.63, 3.8) is 0 Å². The molecule has 0 aliphatic carbocycles. The summed E-state index contributed by atoms with van der Waals surface area (Å²) in [5.74, 6) is -0.0213. The molecule has 0 aliphatic heterocycles. The Morgan fingerprint density at radius 2 is 1.81 bits per heavy atom. The van der Waals surface area contributed by atoms with Gasteiger partial charge in [-0.05, 0) is 54.3 Å². The second-order valence-corrected chi connectivity index (χ2v) is 7.71. The van der Waals surface area contributed by atoms with Crippen molar-refractivity contribution in [2.24, 2.45) is 0 Å². The van der Waals surface area contributed by atoms with E-state index < -0.39 is 0 Å². The highest BCUT2D eigenvalue weighted by atomic mass is 32.2. The third-order valence-corrected chi connectivity index (χ3v) is 5.33. The van der Waals surface area contributed by atoms with Gasteiger partial charge in [-0.2, -0.15) is 4.68 Å². The van der Waals surface area contributed by atoms with Gasteiger partial charge in [0.25, 0.3) is 0 Å². The predicted octanol–water partition coefficient (Wildman–Crippen LogP) is 3.12. The zero-order valence-corrected chi connectivity index (χ0v) is 16.5. The minimum atomic E-state index is -0.296. The molecule has 0 unspecified atom stereocenters. The summed E-state index contributed by atoms with van der Waals surface area (Å²) >= 11 is 1.36. The van der Waals surface area contributed by atoms with Gasteiger partial charge in [0, 0.05) is 6.54 Å². The summed E-state index contributed by atoms with van der Waals surface area (Å²) in [6, 6.07) is 16.2. The van der Waals surface area contributed by atoms with E-state index in [0.717, 1.165) is 23.2 Å². The molecule has 3 rings (SSSR count). The number of para-hydroxylation sites is 1. The maximum atomic E-state index is 12.4. The van der Waals surface area contributed by atoms with Gasteiger partial charge < -0.3 is 5.32 Å². The number of carbonyl (C=O) groups excluding carboxylic acids is 1. The van der Waals surface area contributed by atoms with Crippen LogP contribution in [0.3, 0.4) is 0 Å². The fourth-order valence-corrected chi connectivity index (χ4v) is 3.68. The Bertz CT molecular complexity index is 889. The average molecular weight is 382 g/mol. The summed E-state index contributed by atoms with van der Waals surface area (Å²) in [6.45, 7) is 6.53. The summed E-state index contributed by atoms with van der Waals surface area (Å²) < 4.78 is 1.71. The standard InChI is InChI=1S/C20H23N5OS/c1-14-8-7-9-15(2)18(14)25-20(22-23-24-25)27-16(3)19(26)21-13-12-17-10-5-4-6-11-17/h4-11,16H,12-13H2,1-3H3,(H,21,26)/t16-/m1/s1. The Morgan fingerprint density at radius 3 is 2.52 bits per heavy atom. The van der Waals surface area contributed by atoms with Crippen molar-refractivity contribution in [2.45, 2.75) is 37.6 Å². The quantitative estimate of drug-likeness (QED) is 0.637. The summed E-state index contributed by atoms with van der Waals surface area (Å²) in [5, 5.41) is 15.3. The predicted molar refractivity (Wildman–Crippen MR) is 107 cm³/mol. The minimum absolute atomic E-state index is 0.0213. The van der Waals surface area contributed by atoms with Gasteiger partial charge in [-0.15, -0.1) is 5.10 Å². The van der Waals surface area contributed by atoms with Crippen LogP contribution in [0.2, 0.25) is 0 Å². The van der Waals surface area contributed by atoms with Gasteiger partial charge in [0.05, 0.1) is 10.9 Å². The third-order valence-electron chi connectivity index (χ3n) is 4.30. The first-order valence-corrected chi connectivity index (χ1v) is 9.77. The molecule has 1 N–H and O–H groups in total. The fourth-order valence-electron chi connectivity index (χ4n) is 2.86. The Balaban J connectivity index is 1.62. The van der Waals surface area contributed by atoms with Crippen LogP contribution in [0.1, 0.15) is 23.6 Å². The number of benzene rings is 2. The lowest BCUT2D eigenvalue weighted by Gasteiger charge is -2.13. The summed E-state index contributed by atoms with van der Waals surface area (Å²) in [6.07, 6.45) is 0.810. The lowest BCUT2D eigenvalue weighted by atomic mass is 10.1. The van der Waals surface area contributed by atoms with E-state index in [9.17, 15) is 4.79 Å². The molecular formula is C20H23N5OS. The molecule has 0 saturated heterocycles. The summed E-state index contributed by atoms with van der Waals surface area (Å²) in [5.41, 5.74) is 4.34. The Hall–Kier alpha value is -2.67. The number of aromatic nitrogens is 4. The Morgan fingerprint density at radius 1 is 1.11 bits per heavy atom. The number of hydrogen-bond acceptors (Lipinski definition) is 5. The van der Waals surface area contributed by atoms with Gasteiger partial charge in [-0.25, -0.2) is 0 Å². The van der Waals surface area contributed by atoms with Gasteiger partial charge >= 0.3 is 0 Å². The summed E-state index contributed by atoms with van der Waals surface area (Å²) in [4.78, 5) is 12.4. The monoisotopic (exact) mass is 381 g/mol. The van der Waals surface area contributed by atoms with E-state index in [1.807, 2.05) is 57.2 Å². The first-order valence-electron chi connectivity index (χ1n) is 8.89. The number of thioether (sulfide) groups is 1. The molecule has 0 bridgehead atoms. The van der Waals surface area contributed by atoms with Gasteiger partial charge in [0.2, 0.25) is 11.1 Å². The molecule has 140 valence electrons. The van der Waals surface area contributed by atoms with Crippen molar-refractivity contribution in [1.82, 2.24) is 25.5 Å². The van der Waals surface area contributed by atoms with Crippen molar-refractivity contribution in [1.29, 1.82) is 0 Å². The van der Waals surface area contributed by atoms with Gasteiger partial charge in [-0.1, -0.05) is 60.3 Å². The van der Waals surface area contributed by atoms with Gasteiger partial charge in [-0.3, -0.25) is 4.79 Å². The first kappa shape index (κ1) is 19.1. The highest BCUT2D eigenvalue weighted by Crippen LogP contribution is 2.26. The normalized spacial score (nSPS) is 12.0. The molecule has 1 heterocycles. The molecule has 27 heavy (non-hydrogen) atoms. The number of hydrogen-bond donors (Lipinski definition) is 1. The molecule has 2 aromatic carbocycles. The number of rotatable bonds is 7. The van der Waals surface area contributed by atoms with Crippen LogP contribution in [-0.4, -0.2) is 37.9 Å². The van der Waals surface area contributed by atoms with Crippen molar-refractivity contribution in [3.8, 4) is 5.69 Å². The molecule has 1 atom stereocenters. The largest absolute Gasteiger partial charge is 0.355 e. The van der Waals surface area contributed by atoms with E-state index in [0.29, 0.717) is 11.7 Å². The minimum Gasteiger partial charge on any atom is -0.355 e. The first-order chi connectivity index (χ1) is 13.1. The molecule has 0 radical (unpaired) electrons. The van der Waals surface area contributed by atoms with Crippen molar-refractivity contribution in [3.05, 3.63) is 65.2 Å². The molecule has 0 spiro atoms. The number of tetrazole rings is 1. The third kappa shape index (κ3) is 4.74. The number of amides is 1. The molecule has 6 nitrogen and oxygen atoms in total. The second kappa shape index (κ2) is 8.81. The molecule has 0 aliphatic rings. The molecule has 3 aromatic rings. The highest BCUT2D eigenvalue weighted by molar-refractivity contribution is 8.00. The SMILES string of the molecule is Cc1cccc(C)c1-n1nnnc1S[C@H](C)C(=O)NCCc1ccccc1. The number of nitrogens with one attached hydrogen (secondary N) is 1. The van der Waals surface area contributed by atoms with Crippen LogP contribution in [0.25, 0.3) is 5.69 Å². The van der Waals surface area contributed by atoms with Crippen LogP contribution in [-0.2, 0) is 11.2 Å². The van der Waals surface area contributed by atoms with Crippen molar-refractivity contribution < 1.29 is 4.79 Å².